The Bertz CT molecular complexity index is 869. The fourth-order valence-electron chi connectivity index (χ4n) is 3.04. The maximum Gasteiger partial charge on any atom is 0.119 e. The van der Waals surface area contributed by atoms with Crippen molar-refractivity contribution >= 4 is 17.5 Å². The topological polar surface area (TPSA) is 21.7 Å². The minimum atomic E-state index is 0.850. The highest BCUT2D eigenvalue weighted by Gasteiger charge is 2.13. The number of ether oxygens (including phenoxy) is 2. The summed E-state index contributed by atoms with van der Waals surface area (Å²) in [5.74, 6) is 1.71. The van der Waals surface area contributed by atoms with Crippen LogP contribution in [-0.2, 0) is 0 Å². The fraction of sp³-hybridized carbons (Fsp3) is 0.167. The van der Waals surface area contributed by atoms with Gasteiger partial charge in [-0.3, -0.25) is 0 Å². The summed E-state index contributed by atoms with van der Waals surface area (Å²) in [6.45, 7) is 3.01. The Hall–Kier alpha value is -3.20. The van der Waals surface area contributed by atoms with Crippen molar-refractivity contribution < 1.29 is 9.47 Å². The van der Waals surface area contributed by atoms with E-state index in [0.29, 0.717) is 0 Å². The minimum absolute atomic E-state index is 0.850. The van der Waals surface area contributed by atoms with Gasteiger partial charge in [-0.05, 0) is 60.5 Å². The Morgan fingerprint density at radius 3 is 1.85 bits per heavy atom. The average Bonchev–Trinajstić information content (AvgIpc) is 2.75. The van der Waals surface area contributed by atoms with Gasteiger partial charge < -0.3 is 14.4 Å². The highest BCUT2D eigenvalue weighted by atomic mass is 16.5. The lowest BCUT2D eigenvalue weighted by Crippen LogP contribution is -2.20. The van der Waals surface area contributed by atoms with E-state index in [1.165, 1.54) is 5.56 Å². The first kappa shape index (κ1) is 18.6. The third-order valence-corrected chi connectivity index (χ3v) is 4.48. The molecule has 0 saturated carbocycles. The van der Waals surface area contributed by atoms with Gasteiger partial charge in [-0.25, -0.2) is 0 Å². The molecule has 0 unspecified atom stereocenters. The van der Waals surface area contributed by atoms with Crippen LogP contribution < -0.4 is 14.4 Å². The zero-order valence-electron chi connectivity index (χ0n) is 16.1. The largest absolute Gasteiger partial charge is 0.497 e. The van der Waals surface area contributed by atoms with Gasteiger partial charge in [0.25, 0.3) is 0 Å². The highest BCUT2D eigenvalue weighted by molar-refractivity contribution is 5.90. The maximum absolute atomic E-state index is 5.30. The van der Waals surface area contributed by atoms with Crippen LogP contribution >= 0.6 is 0 Å². The van der Waals surface area contributed by atoms with Gasteiger partial charge in [0.15, 0.2) is 0 Å². The Balaban J connectivity index is 2.05. The first-order valence-corrected chi connectivity index (χ1v) is 9.08. The van der Waals surface area contributed by atoms with Gasteiger partial charge in [0.1, 0.15) is 11.5 Å². The SMILES string of the molecule is CCN(/C(=C/c1ccc(OC)cc1)c1ccccc1)c1ccc(OC)cc1. The highest BCUT2D eigenvalue weighted by Crippen LogP contribution is 2.29. The van der Waals surface area contributed by atoms with E-state index in [0.717, 1.165) is 35.0 Å². The van der Waals surface area contributed by atoms with E-state index < -0.39 is 0 Å². The van der Waals surface area contributed by atoms with Crippen molar-refractivity contribution in [1.29, 1.82) is 0 Å². The molecule has 0 aliphatic heterocycles. The van der Waals surface area contributed by atoms with Crippen molar-refractivity contribution in [2.24, 2.45) is 0 Å². The van der Waals surface area contributed by atoms with E-state index in [9.17, 15) is 0 Å². The van der Waals surface area contributed by atoms with E-state index in [1.54, 1.807) is 14.2 Å². The van der Waals surface area contributed by atoms with Crippen LogP contribution in [0.25, 0.3) is 11.8 Å². The van der Waals surface area contributed by atoms with Gasteiger partial charge in [-0.1, -0.05) is 42.5 Å². The molecule has 0 bridgehead atoms. The lowest BCUT2D eigenvalue weighted by molar-refractivity contribution is 0.414. The molecule has 0 radical (unpaired) electrons. The lowest BCUT2D eigenvalue weighted by atomic mass is 10.1. The molecule has 0 heterocycles. The lowest BCUT2D eigenvalue weighted by Gasteiger charge is -2.27. The summed E-state index contributed by atoms with van der Waals surface area (Å²) in [4.78, 5) is 2.30. The summed E-state index contributed by atoms with van der Waals surface area (Å²) in [5, 5.41) is 0. The molecule has 3 aromatic carbocycles. The zero-order chi connectivity index (χ0) is 19.1. The number of anilines is 1. The van der Waals surface area contributed by atoms with Crippen LogP contribution in [0, 0.1) is 0 Å². The predicted octanol–water partition coefficient (Wildman–Crippen LogP) is 5.73. The standard InChI is InChI=1S/C24H25NO2/c1-4-25(21-12-16-23(27-3)17-13-21)24(20-8-6-5-7-9-20)18-19-10-14-22(26-2)15-11-19/h5-18H,4H2,1-3H3/b24-18+. The van der Waals surface area contributed by atoms with Crippen LogP contribution in [0.3, 0.4) is 0 Å². The Kier molecular flexibility index (Phi) is 6.16. The normalized spacial score (nSPS) is 11.1. The van der Waals surface area contributed by atoms with Gasteiger partial charge in [0.05, 0.1) is 14.2 Å². The predicted molar refractivity (Wildman–Crippen MR) is 113 cm³/mol. The molecule has 3 rings (SSSR count). The van der Waals surface area contributed by atoms with E-state index in [4.69, 9.17) is 9.47 Å². The van der Waals surface area contributed by atoms with Gasteiger partial charge in [-0.2, -0.15) is 0 Å². The van der Waals surface area contributed by atoms with Crippen LogP contribution in [0.15, 0.2) is 78.9 Å². The number of nitrogens with zero attached hydrogens (tertiary/aromatic N) is 1. The van der Waals surface area contributed by atoms with Crippen molar-refractivity contribution in [2.45, 2.75) is 6.92 Å². The van der Waals surface area contributed by atoms with Gasteiger partial charge in [0, 0.05) is 17.9 Å². The van der Waals surface area contributed by atoms with Crippen molar-refractivity contribution in [2.75, 3.05) is 25.7 Å². The van der Waals surface area contributed by atoms with Crippen molar-refractivity contribution in [3.8, 4) is 11.5 Å². The minimum Gasteiger partial charge on any atom is -0.497 e. The number of benzene rings is 3. The Morgan fingerprint density at radius 1 is 0.778 bits per heavy atom. The number of hydrogen-bond acceptors (Lipinski definition) is 3. The van der Waals surface area contributed by atoms with Crippen LogP contribution in [0.5, 0.6) is 11.5 Å². The van der Waals surface area contributed by atoms with Crippen molar-refractivity contribution in [3.05, 3.63) is 90.0 Å². The molecule has 0 saturated heterocycles. The molecule has 3 heteroatoms. The molecule has 0 N–H and O–H groups in total. The molecular weight excluding hydrogens is 334 g/mol. The summed E-state index contributed by atoms with van der Waals surface area (Å²) >= 11 is 0. The Morgan fingerprint density at radius 2 is 1.33 bits per heavy atom. The summed E-state index contributed by atoms with van der Waals surface area (Å²) in [5.41, 5.74) is 4.57. The van der Waals surface area contributed by atoms with E-state index in [1.807, 2.05) is 30.3 Å². The van der Waals surface area contributed by atoms with Crippen molar-refractivity contribution in [1.82, 2.24) is 0 Å². The molecule has 0 aliphatic carbocycles. The third-order valence-electron chi connectivity index (χ3n) is 4.48. The summed E-state index contributed by atoms with van der Waals surface area (Å²) in [6, 6.07) is 26.7. The van der Waals surface area contributed by atoms with E-state index >= 15 is 0 Å². The van der Waals surface area contributed by atoms with Gasteiger partial charge in [0.2, 0.25) is 0 Å². The summed E-state index contributed by atoms with van der Waals surface area (Å²) in [7, 11) is 3.37. The molecule has 3 nitrogen and oxygen atoms in total. The van der Waals surface area contributed by atoms with Gasteiger partial charge >= 0.3 is 0 Å². The monoisotopic (exact) mass is 359 g/mol. The van der Waals surface area contributed by atoms with Crippen LogP contribution in [0.1, 0.15) is 18.1 Å². The molecule has 0 amide bonds. The molecule has 0 spiro atoms. The number of hydrogen-bond donors (Lipinski definition) is 0. The quantitative estimate of drug-likeness (QED) is 0.503. The van der Waals surface area contributed by atoms with Crippen LogP contribution in [0.2, 0.25) is 0 Å². The van der Waals surface area contributed by atoms with Crippen LogP contribution in [-0.4, -0.2) is 20.8 Å². The second-order valence-electron chi connectivity index (χ2n) is 6.11. The molecule has 0 aromatic heterocycles. The van der Waals surface area contributed by atoms with Crippen molar-refractivity contribution in [3.63, 3.8) is 0 Å². The third kappa shape index (κ3) is 4.50. The van der Waals surface area contributed by atoms with E-state index in [2.05, 4.69) is 66.4 Å². The molecule has 3 aromatic rings. The smallest absolute Gasteiger partial charge is 0.119 e. The summed E-state index contributed by atoms with van der Waals surface area (Å²) in [6.07, 6.45) is 2.21. The summed E-state index contributed by atoms with van der Waals surface area (Å²) < 4.78 is 10.6. The van der Waals surface area contributed by atoms with Gasteiger partial charge in [-0.15, -0.1) is 0 Å². The fourth-order valence-corrected chi connectivity index (χ4v) is 3.04. The molecular formula is C24H25NO2. The molecule has 0 atom stereocenters. The molecule has 138 valence electrons. The molecule has 0 fully saturated rings. The molecule has 27 heavy (non-hydrogen) atoms. The Labute approximate surface area is 161 Å². The maximum atomic E-state index is 5.30. The molecule has 0 aliphatic rings. The number of methoxy groups -OCH3 is 2. The average molecular weight is 359 g/mol. The number of rotatable bonds is 7. The van der Waals surface area contributed by atoms with Crippen LogP contribution in [0.4, 0.5) is 5.69 Å². The first-order chi connectivity index (χ1) is 13.2. The first-order valence-electron chi connectivity index (χ1n) is 9.08. The zero-order valence-corrected chi connectivity index (χ0v) is 16.1. The second-order valence-corrected chi connectivity index (χ2v) is 6.11. The second kappa shape index (κ2) is 8.95. The van der Waals surface area contributed by atoms with E-state index in [-0.39, 0.29) is 0 Å².